The smallest absolute Gasteiger partial charge is 0.325 e. The number of aliphatic hydroxyl groups excluding tert-OH is 1. The number of phenolic OH excluding ortho intramolecular Hbond substituents is 1. The number of aliphatic imine (C=N–C) groups is 1. The predicted molar refractivity (Wildman–Crippen MR) is 373 cm³/mol. The molecule has 5 aromatic rings. The van der Waals surface area contributed by atoms with Crippen molar-refractivity contribution in [2.75, 3.05) is 24.7 Å². The van der Waals surface area contributed by atoms with Gasteiger partial charge in [0.2, 0.25) is 65.0 Å². The van der Waals surface area contributed by atoms with E-state index in [1.807, 2.05) is 13.8 Å². The molecule has 99 heavy (non-hydrogen) atoms. The number of carboxylic acids is 1. The lowest BCUT2D eigenvalue weighted by atomic mass is 10.00. The number of carbonyl (C=O) groups excluding carboxylic acids is 11. The summed E-state index contributed by atoms with van der Waals surface area (Å²) in [7, 11) is 0. The third-order valence-electron chi connectivity index (χ3n) is 15.4. The maximum atomic E-state index is 15.2. The van der Waals surface area contributed by atoms with Gasteiger partial charge in [0.1, 0.15) is 66.2 Å². The summed E-state index contributed by atoms with van der Waals surface area (Å²) in [6.07, 6.45) is 0.117. The number of para-hydroxylation sites is 1. The maximum absolute atomic E-state index is 15.2. The molecular formula is C66H88N16O15S2. The Hall–Kier alpha value is -10.2. The molecule has 0 aliphatic rings. The first kappa shape index (κ1) is 79.4. The predicted octanol–water partition coefficient (Wildman–Crippen LogP) is -2.75. The van der Waals surface area contributed by atoms with Crippen LogP contribution >= 0.6 is 25.3 Å². The van der Waals surface area contributed by atoms with Crippen LogP contribution in [-0.4, -0.2) is 188 Å². The maximum Gasteiger partial charge on any atom is 0.325 e. The number of nitrogens with zero attached hydrogens (tertiary/aromatic N) is 1. The fourth-order valence-electron chi connectivity index (χ4n) is 10.1. The second-order valence-electron chi connectivity index (χ2n) is 23.8. The van der Waals surface area contributed by atoms with Crippen molar-refractivity contribution in [1.82, 2.24) is 58.2 Å². The third-order valence-corrected chi connectivity index (χ3v) is 16.2. The molecule has 11 atom stereocenters. The van der Waals surface area contributed by atoms with Crippen molar-refractivity contribution < 1.29 is 72.9 Å². The van der Waals surface area contributed by atoms with Gasteiger partial charge in [-0.25, -0.2) is 0 Å². The van der Waals surface area contributed by atoms with Gasteiger partial charge in [0.15, 0.2) is 5.96 Å². The first-order valence-electron chi connectivity index (χ1n) is 31.7. The highest BCUT2D eigenvalue weighted by Gasteiger charge is 2.37. The zero-order chi connectivity index (χ0) is 72.9. The number of hydrogen-bond donors (Lipinski definition) is 20. The fraction of sp³-hybridized carbons (Fsp3) is 0.409. The van der Waals surface area contributed by atoms with Crippen molar-refractivity contribution in [1.29, 1.82) is 0 Å². The lowest BCUT2D eigenvalue weighted by molar-refractivity contribution is -0.142. The molecular weight excluding hydrogens is 1320 g/mol. The van der Waals surface area contributed by atoms with Gasteiger partial charge in [-0.1, -0.05) is 105 Å². The topological polar surface area (TPSA) is 518 Å². The van der Waals surface area contributed by atoms with E-state index in [2.05, 4.69) is 88.4 Å². The van der Waals surface area contributed by atoms with Gasteiger partial charge in [-0.3, -0.25) is 62.5 Å². The van der Waals surface area contributed by atoms with Gasteiger partial charge in [0, 0.05) is 60.8 Å². The number of aliphatic hydroxyl groups is 1. The number of nitrogens with one attached hydrogen (secondary N) is 11. The molecule has 0 aliphatic carbocycles. The van der Waals surface area contributed by atoms with E-state index in [-0.39, 0.29) is 68.4 Å². The Balaban J connectivity index is 1.48. The molecule has 0 unspecified atom stereocenters. The zero-order valence-corrected chi connectivity index (χ0v) is 56.6. The summed E-state index contributed by atoms with van der Waals surface area (Å²) in [5.41, 5.74) is 25.7. The first-order valence-corrected chi connectivity index (χ1v) is 32.9. The Labute approximate surface area is 581 Å². The number of carboxylic acid groups (broad SMARTS) is 1. The number of aromatic nitrogens is 1. The summed E-state index contributed by atoms with van der Waals surface area (Å²) >= 11 is 8.51. The minimum absolute atomic E-state index is 0.0109. The Morgan fingerprint density at radius 3 is 1.34 bits per heavy atom. The Morgan fingerprint density at radius 2 is 0.879 bits per heavy atom. The number of phenols is 1. The van der Waals surface area contributed by atoms with Crippen LogP contribution in [0.5, 0.6) is 5.75 Å². The molecule has 0 saturated heterocycles. The van der Waals surface area contributed by atoms with E-state index in [4.69, 9.17) is 22.9 Å². The standard InChI is InChI=1S/C66H88N16O15S2/c1-35(2)25-43(67)55(86)75-46(26-37-13-6-4-7-14-37)59(90)81-52(33-98)63(94)74-45(19-12-24-71-66(69)70)56(87)76-47(27-38-15-8-5-9-16-38)57(88)78-49(29-40-31-72-44-18-11-10-17-42(40)44)60(91)77-48(28-39-20-22-41(84)23-21-39)58(89)79-50(30-54(68)85)61(92)82-53(34-99)64(95)80-51(32-83)62(93)73-36(3)65(96)97/h4-11,13-18,20-23,31,35-36,43,45-53,72,83-84,98-99H,12,19,24-30,32-34,67H2,1-3H3,(H2,68,85)(H,73,93)(H,74,94)(H,75,86)(H,76,87)(H,77,91)(H,78,88)(H,79,89)(H,80,95)(H,81,90)(H,82,92)(H,96,97)(H4,69,70,71)/t36-,43-,45-,46-,47-,48-,49-,50-,51-,52-,53-/m0/s1. The largest absolute Gasteiger partial charge is 0.508 e. The van der Waals surface area contributed by atoms with Gasteiger partial charge < -0.3 is 96.4 Å². The minimum atomic E-state index is -1.87. The highest BCUT2D eigenvalue weighted by Crippen LogP contribution is 2.21. The minimum Gasteiger partial charge on any atom is -0.508 e. The molecule has 0 fully saturated rings. The van der Waals surface area contributed by atoms with Crippen LogP contribution in [0, 0.1) is 5.92 Å². The van der Waals surface area contributed by atoms with Crippen LogP contribution in [0.1, 0.15) is 68.7 Å². The van der Waals surface area contributed by atoms with Crippen LogP contribution in [0.2, 0.25) is 0 Å². The van der Waals surface area contributed by atoms with Crippen molar-refractivity contribution >= 4 is 113 Å². The van der Waals surface area contributed by atoms with Gasteiger partial charge in [-0.15, -0.1) is 0 Å². The van der Waals surface area contributed by atoms with Gasteiger partial charge in [-0.05, 0) is 72.6 Å². The van der Waals surface area contributed by atoms with Crippen molar-refractivity contribution in [2.45, 2.75) is 139 Å². The summed E-state index contributed by atoms with van der Waals surface area (Å²) < 4.78 is 0. The Bertz CT molecular complexity index is 3620. The molecule has 22 N–H and O–H groups in total. The van der Waals surface area contributed by atoms with Crippen LogP contribution in [0.4, 0.5) is 0 Å². The zero-order valence-electron chi connectivity index (χ0n) is 54.8. The van der Waals surface area contributed by atoms with Crippen LogP contribution in [0.15, 0.2) is 120 Å². The molecule has 1 heterocycles. The summed E-state index contributed by atoms with van der Waals surface area (Å²) in [4.78, 5) is 173. The second kappa shape index (κ2) is 39.8. The lowest BCUT2D eigenvalue weighted by Gasteiger charge is -2.28. The first-order chi connectivity index (χ1) is 47.1. The van der Waals surface area contributed by atoms with Crippen molar-refractivity contribution in [2.24, 2.45) is 33.8 Å². The number of primary amides is 1. The number of aliphatic carboxylic acids is 1. The molecule has 11 amide bonds. The molecule has 0 saturated carbocycles. The van der Waals surface area contributed by atoms with Crippen molar-refractivity contribution in [3.8, 4) is 5.75 Å². The molecule has 33 heteroatoms. The number of benzene rings is 4. The summed E-state index contributed by atoms with van der Waals surface area (Å²) in [5.74, 6) is -13.3. The van der Waals surface area contributed by atoms with Crippen LogP contribution in [-0.2, 0) is 83.2 Å². The van der Waals surface area contributed by atoms with E-state index in [9.17, 15) is 63.3 Å². The number of rotatable bonds is 40. The summed E-state index contributed by atoms with van der Waals surface area (Å²) in [6, 6.07) is 13.2. The number of carbonyl (C=O) groups is 12. The Morgan fingerprint density at radius 1 is 0.485 bits per heavy atom. The van der Waals surface area contributed by atoms with E-state index < -0.39 is 156 Å². The fourth-order valence-corrected chi connectivity index (χ4v) is 10.7. The number of fused-ring (bicyclic) bond motifs is 1. The van der Waals surface area contributed by atoms with Gasteiger partial charge >= 0.3 is 5.97 Å². The van der Waals surface area contributed by atoms with Gasteiger partial charge in [-0.2, -0.15) is 25.3 Å². The number of guanidine groups is 1. The number of aromatic amines is 1. The molecule has 0 aliphatic heterocycles. The van der Waals surface area contributed by atoms with Crippen LogP contribution in [0.3, 0.4) is 0 Å². The number of aromatic hydroxyl groups is 1. The average Bonchev–Trinajstić information content (AvgIpc) is 1.74. The van der Waals surface area contributed by atoms with Gasteiger partial charge in [0.05, 0.1) is 19.1 Å². The van der Waals surface area contributed by atoms with Crippen molar-refractivity contribution in [3.05, 3.63) is 138 Å². The molecule has 5 rings (SSSR count). The third kappa shape index (κ3) is 26.3. The number of amides is 11. The SMILES string of the molecule is CC(C)C[C@H](N)C(=O)N[C@@H](Cc1ccccc1)C(=O)N[C@@H](CS)C(=O)N[C@@H](CCCN=C(N)N)C(=O)N[C@@H](Cc1ccccc1)C(=O)N[C@@H](Cc1c[nH]c2ccccc12)C(=O)N[C@@H](Cc1ccc(O)cc1)C(=O)N[C@@H](CC(N)=O)C(=O)N[C@@H](CS)C(=O)N[C@@H](CO)C(=O)N[C@@H](C)C(=O)O. The quantitative estimate of drug-likeness (QED) is 0.00818. The second-order valence-corrected chi connectivity index (χ2v) is 24.6. The summed E-state index contributed by atoms with van der Waals surface area (Å²) in [6.45, 7) is 3.89. The molecule has 1 aromatic heterocycles. The van der Waals surface area contributed by atoms with Gasteiger partial charge in [0.25, 0.3) is 0 Å². The molecule has 0 bridgehead atoms. The van der Waals surface area contributed by atoms with Crippen molar-refractivity contribution in [3.63, 3.8) is 0 Å². The van der Waals surface area contributed by atoms with E-state index in [0.717, 1.165) is 6.92 Å². The Kier molecular flexibility index (Phi) is 32.0. The van der Waals surface area contributed by atoms with Crippen LogP contribution < -0.4 is 76.1 Å². The molecule has 0 radical (unpaired) electrons. The number of hydrogen-bond acceptors (Lipinski definition) is 18. The monoisotopic (exact) mass is 1410 g/mol. The molecule has 0 spiro atoms. The highest BCUT2D eigenvalue weighted by atomic mass is 32.1. The normalized spacial score (nSPS) is 14.4. The number of thiol groups is 2. The van der Waals surface area contributed by atoms with E-state index in [1.165, 1.54) is 24.3 Å². The van der Waals surface area contributed by atoms with E-state index in [1.54, 1.807) is 91.1 Å². The van der Waals surface area contributed by atoms with E-state index >= 15 is 9.59 Å². The highest BCUT2D eigenvalue weighted by molar-refractivity contribution is 7.80. The number of nitrogens with two attached hydrogens (primary N) is 4. The molecule has 31 nitrogen and oxygen atoms in total. The lowest BCUT2D eigenvalue weighted by Crippen LogP contribution is -2.62. The molecule has 534 valence electrons. The number of H-pyrrole nitrogens is 1. The van der Waals surface area contributed by atoms with E-state index in [0.29, 0.717) is 39.6 Å². The average molecular weight is 1410 g/mol. The summed E-state index contributed by atoms with van der Waals surface area (Å²) in [5, 5.41) is 55.1. The molecule has 4 aromatic carbocycles. The van der Waals surface area contributed by atoms with Crippen LogP contribution in [0.25, 0.3) is 10.9 Å².